The summed E-state index contributed by atoms with van der Waals surface area (Å²) < 4.78 is 1.22. The first-order chi connectivity index (χ1) is 11.0. The van der Waals surface area contributed by atoms with Gasteiger partial charge in [-0.2, -0.15) is 9.50 Å². The fourth-order valence-corrected chi connectivity index (χ4v) is 2.11. The summed E-state index contributed by atoms with van der Waals surface area (Å²) in [6.07, 6.45) is 1.33. The fraction of sp³-hybridized carbons (Fsp3) is 0.0714. The van der Waals surface area contributed by atoms with Gasteiger partial charge in [-0.3, -0.25) is 4.79 Å². The number of fused-ring (bicyclic) bond motifs is 1. The number of carbonyl (C=O) groups is 2. The molecule has 9 heteroatoms. The highest BCUT2D eigenvalue weighted by atomic mass is 35.5. The Bertz CT molecular complexity index is 920. The number of amides is 1. The van der Waals surface area contributed by atoms with Crippen molar-refractivity contribution in [2.24, 2.45) is 0 Å². The topological polar surface area (TPSA) is 109 Å². The second-order valence-corrected chi connectivity index (χ2v) is 5.11. The van der Waals surface area contributed by atoms with Crippen LogP contribution in [0.5, 0.6) is 0 Å². The molecule has 0 saturated heterocycles. The van der Waals surface area contributed by atoms with Crippen LogP contribution in [0.25, 0.3) is 5.78 Å². The maximum atomic E-state index is 12.3. The van der Waals surface area contributed by atoms with E-state index in [0.717, 1.165) is 0 Å². The lowest BCUT2D eigenvalue weighted by Gasteiger charge is -2.08. The van der Waals surface area contributed by atoms with Crippen molar-refractivity contribution in [2.45, 2.75) is 6.92 Å². The largest absolute Gasteiger partial charge is 0.475 e. The van der Waals surface area contributed by atoms with Crippen molar-refractivity contribution in [2.75, 3.05) is 5.32 Å². The highest BCUT2D eigenvalue weighted by molar-refractivity contribution is 6.30. The number of carbonyl (C=O) groups excluding carboxylic acids is 1. The van der Waals surface area contributed by atoms with Crippen LogP contribution in [-0.4, -0.2) is 36.6 Å². The standard InChI is InChI=1S/C14H10ClN5O3/c1-7-10(12(21)17-9-4-2-8(15)3-5-9)6-16-14-18-11(13(22)23)19-20(7)14/h2-6H,1H3,(H,17,21)(H,22,23). The van der Waals surface area contributed by atoms with Crippen LogP contribution in [0.15, 0.2) is 30.5 Å². The first kappa shape index (κ1) is 14.9. The zero-order chi connectivity index (χ0) is 16.6. The van der Waals surface area contributed by atoms with Gasteiger partial charge in [-0.25, -0.2) is 9.78 Å². The van der Waals surface area contributed by atoms with Crippen LogP contribution in [0.3, 0.4) is 0 Å². The first-order valence-corrected chi connectivity index (χ1v) is 6.86. The van der Waals surface area contributed by atoms with E-state index in [9.17, 15) is 9.59 Å². The summed E-state index contributed by atoms with van der Waals surface area (Å²) in [5, 5.41) is 16.0. The summed E-state index contributed by atoms with van der Waals surface area (Å²) in [4.78, 5) is 31.0. The number of hydrogen-bond acceptors (Lipinski definition) is 5. The van der Waals surface area contributed by atoms with Crippen molar-refractivity contribution in [3.05, 3.63) is 52.6 Å². The van der Waals surface area contributed by atoms with Gasteiger partial charge in [-0.15, -0.1) is 5.10 Å². The van der Waals surface area contributed by atoms with Crippen molar-refractivity contribution < 1.29 is 14.7 Å². The second kappa shape index (κ2) is 5.65. The third kappa shape index (κ3) is 2.84. The Morgan fingerprint density at radius 3 is 2.61 bits per heavy atom. The number of aryl methyl sites for hydroxylation is 1. The van der Waals surface area contributed by atoms with Crippen molar-refractivity contribution in [1.82, 2.24) is 19.6 Å². The molecule has 116 valence electrons. The minimum atomic E-state index is -1.26. The number of carboxylic acid groups (broad SMARTS) is 1. The van der Waals surface area contributed by atoms with Crippen LogP contribution in [0.2, 0.25) is 5.02 Å². The number of nitrogens with one attached hydrogen (secondary N) is 1. The molecule has 0 atom stereocenters. The highest BCUT2D eigenvalue weighted by Crippen LogP contribution is 2.16. The monoisotopic (exact) mass is 331 g/mol. The maximum Gasteiger partial charge on any atom is 0.375 e. The normalized spacial score (nSPS) is 10.7. The van der Waals surface area contributed by atoms with Gasteiger partial charge in [0, 0.05) is 16.9 Å². The third-order valence-corrected chi connectivity index (χ3v) is 3.40. The second-order valence-electron chi connectivity index (χ2n) is 4.67. The molecule has 0 aliphatic carbocycles. The van der Waals surface area contributed by atoms with E-state index in [0.29, 0.717) is 16.4 Å². The summed E-state index contributed by atoms with van der Waals surface area (Å²) in [5.41, 5.74) is 1.26. The molecule has 1 amide bonds. The first-order valence-electron chi connectivity index (χ1n) is 6.48. The van der Waals surface area contributed by atoms with Gasteiger partial charge >= 0.3 is 5.97 Å². The Balaban J connectivity index is 1.95. The third-order valence-electron chi connectivity index (χ3n) is 3.14. The maximum absolute atomic E-state index is 12.3. The van der Waals surface area contributed by atoms with Crippen molar-refractivity contribution >= 4 is 34.9 Å². The van der Waals surface area contributed by atoms with Crippen LogP contribution in [0, 0.1) is 6.92 Å². The average molecular weight is 332 g/mol. The molecular weight excluding hydrogens is 322 g/mol. The van der Waals surface area contributed by atoms with Gasteiger partial charge in [0.15, 0.2) is 0 Å². The number of benzene rings is 1. The zero-order valence-electron chi connectivity index (χ0n) is 11.8. The lowest BCUT2D eigenvalue weighted by Crippen LogP contribution is -2.16. The summed E-state index contributed by atoms with van der Waals surface area (Å²) in [6, 6.07) is 6.64. The van der Waals surface area contributed by atoms with E-state index >= 15 is 0 Å². The zero-order valence-corrected chi connectivity index (χ0v) is 12.6. The summed E-state index contributed by atoms with van der Waals surface area (Å²) in [6.45, 7) is 1.63. The average Bonchev–Trinajstić information content (AvgIpc) is 2.95. The van der Waals surface area contributed by atoms with Gasteiger partial charge in [0.2, 0.25) is 0 Å². The molecule has 23 heavy (non-hydrogen) atoms. The molecule has 0 fully saturated rings. The van der Waals surface area contributed by atoms with Crippen LogP contribution < -0.4 is 5.32 Å². The highest BCUT2D eigenvalue weighted by Gasteiger charge is 2.17. The lowest BCUT2D eigenvalue weighted by molar-refractivity contribution is 0.0683. The number of anilines is 1. The molecule has 0 aliphatic heterocycles. The molecule has 3 aromatic rings. The number of carboxylic acids is 1. The Labute approximate surface area is 134 Å². The van der Waals surface area contributed by atoms with Gasteiger partial charge in [-0.05, 0) is 31.2 Å². The Hall–Kier alpha value is -3.00. The van der Waals surface area contributed by atoms with Crippen LogP contribution >= 0.6 is 11.6 Å². The van der Waals surface area contributed by atoms with E-state index in [1.807, 2.05) is 0 Å². The summed E-state index contributed by atoms with van der Waals surface area (Å²) >= 11 is 5.79. The molecule has 0 spiro atoms. The number of nitrogens with zero attached hydrogens (tertiary/aromatic N) is 4. The summed E-state index contributed by atoms with van der Waals surface area (Å²) in [5.74, 6) is -1.92. The van der Waals surface area contributed by atoms with E-state index in [2.05, 4.69) is 20.4 Å². The van der Waals surface area contributed by atoms with E-state index < -0.39 is 11.9 Å². The molecule has 0 saturated carbocycles. The number of rotatable bonds is 3. The molecule has 8 nitrogen and oxygen atoms in total. The van der Waals surface area contributed by atoms with Gasteiger partial charge in [0.05, 0.1) is 11.3 Å². The minimum absolute atomic E-state index is 0.114. The van der Waals surface area contributed by atoms with E-state index in [-0.39, 0.29) is 17.2 Å². The summed E-state index contributed by atoms with van der Waals surface area (Å²) in [7, 11) is 0. The molecule has 0 bridgehead atoms. The Kier molecular flexibility index (Phi) is 3.67. The predicted octanol–water partition coefficient (Wildman–Crippen LogP) is 2.04. The molecule has 2 heterocycles. The molecule has 0 aliphatic rings. The molecule has 3 rings (SSSR count). The van der Waals surface area contributed by atoms with Gasteiger partial charge in [0.25, 0.3) is 17.5 Å². The number of aromatic carboxylic acids is 1. The SMILES string of the molecule is Cc1c(C(=O)Nc2ccc(Cl)cc2)cnc2nc(C(=O)O)nn12. The predicted molar refractivity (Wildman–Crippen MR) is 81.9 cm³/mol. The molecule has 0 unspecified atom stereocenters. The lowest BCUT2D eigenvalue weighted by atomic mass is 10.2. The fourth-order valence-electron chi connectivity index (χ4n) is 1.99. The number of halogens is 1. The van der Waals surface area contributed by atoms with Crippen molar-refractivity contribution in [3.63, 3.8) is 0 Å². The van der Waals surface area contributed by atoms with Gasteiger partial charge < -0.3 is 10.4 Å². The van der Waals surface area contributed by atoms with Crippen LogP contribution in [0.1, 0.15) is 26.7 Å². The van der Waals surface area contributed by atoms with Gasteiger partial charge in [0.1, 0.15) is 0 Å². The van der Waals surface area contributed by atoms with Crippen LogP contribution in [0.4, 0.5) is 5.69 Å². The van der Waals surface area contributed by atoms with E-state index in [1.54, 1.807) is 31.2 Å². The molecular formula is C14H10ClN5O3. The quantitative estimate of drug-likeness (QED) is 0.760. The Morgan fingerprint density at radius 2 is 1.96 bits per heavy atom. The van der Waals surface area contributed by atoms with Crippen molar-refractivity contribution in [1.29, 1.82) is 0 Å². The van der Waals surface area contributed by atoms with Gasteiger partial charge in [-0.1, -0.05) is 11.6 Å². The van der Waals surface area contributed by atoms with Crippen molar-refractivity contribution in [3.8, 4) is 0 Å². The van der Waals surface area contributed by atoms with Crippen LogP contribution in [-0.2, 0) is 0 Å². The number of hydrogen-bond donors (Lipinski definition) is 2. The molecule has 2 aromatic heterocycles. The number of aromatic nitrogens is 4. The molecule has 1 aromatic carbocycles. The smallest absolute Gasteiger partial charge is 0.375 e. The molecule has 2 N–H and O–H groups in total. The Morgan fingerprint density at radius 1 is 1.26 bits per heavy atom. The minimum Gasteiger partial charge on any atom is -0.475 e. The van der Waals surface area contributed by atoms with E-state index in [1.165, 1.54) is 10.7 Å². The van der Waals surface area contributed by atoms with E-state index in [4.69, 9.17) is 16.7 Å². The molecule has 0 radical (unpaired) electrons.